The molecule has 1 aliphatic heterocycles. The molecule has 0 spiro atoms. The van der Waals surface area contributed by atoms with Crippen molar-refractivity contribution in [1.29, 1.82) is 0 Å². The minimum Gasteiger partial charge on any atom is -0.387 e. The molecule has 2 rings (SSSR count). The normalized spacial score (nSPS) is 45.6. The first-order chi connectivity index (χ1) is 6.87. The summed E-state index contributed by atoms with van der Waals surface area (Å²) in [6.45, 7) is 0. The minimum absolute atomic E-state index is 0.184. The van der Waals surface area contributed by atoms with Crippen molar-refractivity contribution in [2.75, 3.05) is 11.5 Å². The fourth-order valence-electron chi connectivity index (χ4n) is 2.61. The highest BCUT2D eigenvalue weighted by Gasteiger charge is 2.57. The topological polar surface area (TPSA) is 46.2 Å². The molecule has 0 aromatic rings. The number of hydrogen-bond donors (Lipinski definition) is 2. The number of aliphatic hydroxyl groups is 1. The maximum atomic E-state index is 13.2. The van der Waals surface area contributed by atoms with Crippen LogP contribution >= 0.6 is 11.8 Å². The lowest BCUT2D eigenvalue weighted by atomic mass is 9.77. The van der Waals surface area contributed by atoms with E-state index < -0.39 is 17.1 Å². The molecule has 88 valence electrons. The van der Waals surface area contributed by atoms with Gasteiger partial charge in [-0.1, -0.05) is 0 Å². The summed E-state index contributed by atoms with van der Waals surface area (Å²) < 4.78 is 26.3. The van der Waals surface area contributed by atoms with Crippen LogP contribution in [0.25, 0.3) is 0 Å². The summed E-state index contributed by atoms with van der Waals surface area (Å²) in [6.07, 6.45) is 1.11. The Morgan fingerprint density at radius 1 is 1.20 bits per heavy atom. The van der Waals surface area contributed by atoms with Crippen LogP contribution in [-0.4, -0.2) is 33.7 Å². The zero-order valence-electron chi connectivity index (χ0n) is 8.64. The minimum atomic E-state index is -2.69. The first kappa shape index (κ1) is 11.6. The summed E-state index contributed by atoms with van der Waals surface area (Å²) in [7, 11) is 0. The Bertz CT molecular complexity index is 256. The second-order valence-corrected chi connectivity index (χ2v) is 5.98. The lowest BCUT2D eigenvalue weighted by Crippen LogP contribution is -2.62. The van der Waals surface area contributed by atoms with Gasteiger partial charge in [0.2, 0.25) is 5.92 Å². The molecular weight excluding hydrogens is 220 g/mol. The summed E-state index contributed by atoms with van der Waals surface area (Å²) in [4.78, 5) is 0. The summed E-state index contributed by atoms with van der Waals surface area (Å²) in [5.41, 5.74) is 3.83. The molecule has 0 bridgehead atoms. The van der Waals surface area contributed by atoms with Crippen LogP contribution < -0.4 is 5.73 Å². The number of alkyl halides is 2. The van der Waals surface area contributed by atoms with Crippen molar-refractivity contribution >= 4 is 11.8 Å². The molecule has 3 N–H and O–H groups in total. The summed E-state index contributed by atoms with van der Waals surface area (Å²) in [5, 5.41) is 10.4. The van der Waals surface area contributed by atoms with Gasteiger partial charge in [-0.05, 0) is 25.0 Å². The van der Waals surface area contributed by atoms with Crippen LogP contribution in [0.3, 0.4) is 0 Å². The highest BCUT2D eigenvalue weighted by Crippen LogP contribution is 2.48. The van der Waals surface area contributed by atoms with E-state index in [1.807, 2.05) is 0 Å². The Kier molecular flexibility index (Phi) is 2.76. The van der Waals surface area contributed by atoms with Crippen LogP contribution in [0.1, 0.15) is 32.1 Å². The Morgan fingerprint density at radius 3 is 2.40 bits per heavy atom. The first-order valence-electron chi connectivity index (χ1n) is 5.34. The van der Waals surface area contributed by atoms with Crippen molar-refractivity contribution in [2.45, 2.75) is 49.2 Å². The molecule has 0 amide bonds. The molecule has 2 atom stereocenters. The molecule has 0 radical (unpaired) electrons. The van der Waals surface area contributed by atoms with Crippen molar-refractivity contribution in [3.63, 3.8) is 0 Å². The molecule has 2 fully saturated rings. The van der Waals surface area contributed by atoms with E-state index in [2.05, 4.69) is 0 Å². The Balaban J connectivity index is 2.15. The number of halogens is 2. The molecule has 1 saturated carbocycles. The fourth-order valence-corrected chi connectivity index (χ4v) is 3.88. The largest absolute Gasteiger partial charge is 0.387 e. The molecule has 2 nitrogen and oxygen atoms in total. The maximum absolute atomic E-state index is 13.2. The van der Waals surface area contributed by atoms with Gasteiger partial charge >= 0.3 is 0 Å². The highest BCUT2D eigenvalue weighted by atomic mass is 32.2. The molecule has 1 aliphatic carbocycles. The fraction of sp³-hybridized carbons (Fsp3) is 1.00. The Labute approximate surface area is 92.6 Å². The summed E-state index contributed by atoms with van der Waals surface area (Å²) in [6, 6.07) is 0. The van der Waals surface area contributed by atoms with Crippen molar-refractivity contribution in [1.82, 2.24) is 0 Å². The van der Waals surface area contributed by atoms with E-state index in [1.54, 1.807) is 11.8 Å². The SMILES string of the molecule is NC1(C2(O)CCCSC2)CCC(F)(F)C1. The second-order valence-electron chi connectivity index (χ2n) is 4.88. The van der Waals surface area contributed by atoms with Gasteiger partial charge in [0.15, 0.2) is 0 Å². The second kappa shape index (κ2) is 3.57. The van der Waals surface area contributed by atoms with Gasteiger partial charge in [-0.3, -0.25) is 0 Å². The van der Waals surface area contributed by atoms with E-state index in [0.717, 1.165) is 12.2 Å². The lowest BCUT2D eigenvalue weighted by Gasteiger charge is -2.44. The number of thioether (sulfide) groups is 1. The van der Waals surface area contributed by atoms with Crippen LogP contribution in [0, 0.1) is 0 Å². The van der Waals surface area contributed by atoms with Crippen molar-refractivity contribution in [2.24, 2.45) is 5.73 Å². The number of nitrogens with two attached hydrogens (primary N) is 1. The Hall–Kier alpha value is 0.130. The third-order valence-corrected chi connectivity index (χ3v) is 4.92. The molecule has 2 unspecified atom stereocenters. The zero-order valence-corrected chi connectivity index (χ0v) is 9.45. The van der Waals surface area contributed by atoms with Gasteiger partial charge in [0.25, 0.3) is 0 Å². The van der Waals surface area contributed by atoms with Crippen molar-refractivity contribution in [3.8, 4) is 0 Å². The highest BCUT2D eigenvalue weighted by molar-refractivity contribution is 7.99. The average Bonchev–Trinajstić information content (AvgIpc) is 2.44. The lowest BCUT2D eigenvalue weighted by molar-refractivity contribution is -0.0508. The van der Waals surface area contributed by atoms with E-state index >= 15 is 0 Å². The van der Waals surface area contributed by atoms with Crippen molar-refractivity contribution < 1.29 is 13.9 Å². The summed E-state index contributed by atoms with van der Waals surface area (Å²) >= 11 is 1.61. The molecule has 0 aromatic heterocycles. The molecule has 1 saturated heterocycles. The van der Waals surface area contributed by atoms with Gasteiger partial charge in [0.1, 0.15) is 0 Å². The van der Waals surface area contributed by atoms with Gasteiger partial charge in [0.05, 0.1) is 11.1 Å². The standard InChI is InChI=1S/C10H17F2NOS/c11-10(12)4-3-8(13,6-10)9(14)2-1-5-15-7-9/h14H,1-7,13H2. The molecule has 15 heavy (non-hydrogen) atoms. The molecule has 0 aromatic carbocycles. The smallest absolute Gasteiger partial charge is 0.250 e. The monoisotopic (exact) mass is 237 g/mol. The zero-order chi connectivity index (χ0) is 11.2. The van der Waals surface area contributed by atoms with Crippen LogP contribution in [0.2, 0.25) is 0 Å². The van der Waals surface area contributed by atoms with Gasteiger partial charge in [0, 0.05) is 18.6 Å². The van der Waals surface area contributed by atoms with E-state index in [4.69, 9.17) is 5.73 Å². The van der Waals surface area contributed by atoms with Gasteiger partial charge in [-0.2, -0.15) is 11.8 Å². The molecular formula is C10H17F2NOS. The maximum Gasteiger partial charge on any atom is 0.250 e. The summed E-state index contributed by atoms with van der Waals surface area (Å²) in [5.74, 6) is -1.19. The number of hydrogen-bond acceptors (Lipinski definition) is 3. The van der Waals surface area contributed by atoms with Crippen LogP contribution in [-0.2, 0) is 0 Å². The van der Waals surface area contributed by atoms with Gasteiger partial charge < -0.3 is 10.8 Å². The average molecular weight is 237 g/mol. The van der Waals surface area contributed by atoms with Crippen LogP contribution in [0.5, 0.6) is 0 Å². The van der Waals surface area contributed by atoms with E-state index in [0.29, 0.717) is 12.2 Å². The predicted molar refractivity (Wildman–Crippen MR) is 57.2 cm³/mol. The third-order valence-electron chi connectivity index (χ3n) is 3.66. The van der Waals surface area contributed by atoms with E-state index in [1.165, 1.54) is 0 Å². The van der Waals surface area contributed by atoms with Crippen LogP contribution in [0.15, 0.2) is 0 Å². The van der Waals surface area contributed by atoms with Gasteiger partial charge in [-0.15, -0.1) is 0 Å². The predicted octanol–water partition coefficient (Wildman–Crippen LogP) is 1.76. The van der Waals surface area contributed by atoms with Gasteiger partial charge in [-0.25, -0.2) is 8.78 Å². The molecule has 1 heterocycles. The van der Waals surface area contributed by atoms with E-state index in [9.17, 15) is 13.9 Å². The quantitative estimate of drug-likeness (QED) is 0.730. The van der Waals surface area contributed by atoms with E-state index in [-0.39, 0.29) is 19.3 Å². The first-order valence-corrected chi connectivity index (χ1v) is 6.49. The van der Waals surface area contributed by atoms with Crippen LogP contribution in [0.4, 0.5) is 8.78 Å². The van der Waals surface area contributed by atoms with Crippen molar-refractivity contribution in [3.05, 3.63) is 0 Å². The Morgan fingerprint density at radius 2 is 1.93 bits per heavy atom. The number of rotatable bonds is 1. The molecule has 2 aliphatic rings. The molecule has 5 heteroatoms. The third kappa shape index (κ3) is 2.01.